The first-order valence-electron chi connectivity index (χ1n) is 8.44. The molecule has 0 atom stereocenters. The van der Waals surface area contributed by atoms with E-state index in [1.807, 2.05) is 23.1 Å². The number of benzene rings is 2. The van der Waals surface area contributed by atoms with Crippen LogP contribution in [0.1, 0.15) is 15.9 Å². The number of rotatable bonds is 4. The van der Waals surface area contributed by atoms with Crippen LogP contribution in [0.3, 0.4) is 0 Å². The highest BCUT2D eigenvalue weighted by Crippen LogP contribution is 2.16. The van der Waals surface area contributed by atoms with Crippen molar-refractivity contribution in [1.29, 1.82) is 0 Å². The largest absolute Gasteiger partial charge is 0.351 e. The molecule has 3 amide bonds. The predicted molar refractivity (Wildman–Crippen MR) is 102 cm³/mol. The lowest BCUT2D eigenvalue weighted by Gasteiger charge is -2.34. The van der Waals surface area contributed by atoms with E-state index in [4.69, 9.17) is 17.3 Å². The average molecular weight is 373 g/mol. The number of carbonyl (C=O) groups is 2. The zero-order valence-electron chi connectivity index (χ0n) is 14.3. The lowest BCUT2D eigenvalue weighted by atomic mass is 10.1. The Morgan fingerprint density at radius 2 is 1.77 bits per heavy atom. The molecule has 6 nitrogen and oxygen atoms in total. The van der Waals surface area contributed by atoms with Crippen LogP contribution < -0.4 is 11.1 Å². The minimum absolute atomic E-state index is 0.0412. The van der Waals surface area contributed by atoms with Gasteiger partial charge < -0.3 is 16.0 Å². The fraction of sp³-hybridized carbons (Fsp3) is 0.263. The quantitative estimate of drug-likeness (QED) is 0.866. The van der Waals surface area contributed by atoms with Crippen LogP contribution in [0.4, 0.5) is 10.5 Å². The Bertz CT molecular complexity index is 804. The first kappa shape index (κ1) is 18.2. The van der Waals surface area contributed by atoms with Crippen LogP contribution in [0, 0.1) is 0 Å². The molecule has 1 fully saturated rings. The lowest BCUT2D eigenvalue weighted by molar-refractivity contribution is 0.0628. The Balaban J connectivity index is 1.57. The minimum Gasteiger partial charge on any atom is -0.351 e. The molecule has 0 aliphatic carbocycles. The van der Waals surface area contributed by atoms with E-state index in [1.54, 1.807) is 24.3 Å². The summed E-state index contributed by atoms with van der Waals surface area (Å²) < 4.78 is 0. The highest BCUT2D eigenvalue weighted by atomic mass is 35.5. The van der Waals surface area contributed by atoms with Gasteiger partial charge >= 0.3 is 6.03 Å². The molecule has 1 saturated heterocycles. The van der Waals surface area contributed by atoms with Gasteiger partial charge in [-0.2, -0.15) is 0 Å². The maximum atomic E-state index is 12.7. The lowest BCUT2D eigenvalue weighted by Crippen LogP contribution is -2.48. The number of amides is 3. The normalized spacial score (nSPS) is 14.9. The number of hydrogen-bond acceptors (Lipinski definition) is 3. The molecule has 7 heteroatoms. The second-order valence-corrected chi connectivity index (χ2v) is 6.70. The van der Waals surface area contributed by atoms with Crippen LogP contribution in [-0.4, -0.2) is 47.9 Å². The molecule has 0 bridgehead atoms. The summed E-state index contributed by atoms with van der Waals surface area (Å²) >= 11 is 6.03. The number of halogens is 1. The zero-order chi connectivity index (χ0) is 18.5. The molecule has 136 valence electrons. The predicted octanol–water partition coefficient (Wildman–Crippen LogP) is 2.79. The summed E-state index contributed by atoms with van der Waals surface area (Å²) in [5, 5.41) is 3.23. The Hall–Kier alpha value is -2.57. The van der Waals surface area contributed by atoms with Crippen LogP contribution in [0.5, 0.6) is 0 Å². The standard InChI is InChI=1S/C19H21ClN4O2/c20-16-5-1-3-14(11-16)13-23-7-9-24(10-8-23)18(25)15-4-2-6-17(12-15)22-19(21)26/h1-6,11-12H,7-10,13H2,(H3,21,22,26). The van der Waals surface area contributed by atoms with Crippen molar-refractivity contribution >= 4 is 29.2 Å². The number of anilines is 1. The monoisotopic (exact) mass is 372 g/mol. The smallest absolute Gasteiger partial charge is 0.316 e. The van der Waals surface area contributed by atoms with Crippen LogP contribution in [0.2, 0.25) is 5.02 Å². The van der Waals surface area contributed by atoms with Crippen molar-refractivity contribution in [3.63, 3.8) is 0 Å². The molecule has 1 aliphatic heterocycles. The van der Waals surface area contributed by atoms with Gasteiger partial charge in [-0.1, -0.05) is 29.8 Å². The molecule has 0 unspecified atom stereocenters. The van der Waals surface area contributed by atoms with Gasteiger partial charge in [-0.3, -0.25) is 9.69 Å². The Labute approximate surface area is 157 Å². The third kappa shape index (κ3) is 4.74. The Kier molecular flexibility index (Phi) is 5.75. The molecule has 26 heavy (non-hydrogen) atoms. The van der Waals surface area contributed by atoms with E-state index in [0.29, 0.717) is 24.3 Å². The van der Waals surface area contributed by atoms with Crippen molar-refractivity contribution in [2.24, 2.45) is 5.73 Å². The summed E-state index contributed by atoms with van der Waals surface area (Å²) in [5.74, 6) is -0.0412. The van der Waals surface area contributed by atoms with E-state index < -0.39 is 6.03 Å². The van der Waals surface area contributed by atoms with Gasteiger partial charge in [0.1, 0.15) is 0 Å². The molecule has 3 rings (SSSR count). The summed E-state index contributed by atoms with van der Waals surface area (Å²) in [4.78, 5) is 27.8. The van der Waals surface area contributed by atoms with Crippen molar-refractivity contribution in [2.75, 3.05) is 31.5 Å². The molecule has 3 N–H and O–H groups in total. The van der Waals surface area contributed by atoms with Crippen molar-refractivity contribution in [3.05, 3.63) is 64.7 Å². The first-order chi connectivity index (χ1) is 12.5. The minimum atomic E-state index is -0.649. The van der Waals surface area contributed by atoms with E-state index in [-0.39, 0.29) is 5.91 Å². The summed E-state index contributed by atoms with van der Waals surface area (Å²) in [6, 6.07) is 14.0. The fourth-order valence-corrected chi connectivity index (χ4v) is 3.27. The Morgan fingerprint density at radius 3 is 2.46 bits per heavy atom. The van der Waals surface area contributed by atoms with E-state index in [1.165, 1.54) is 5.56 Å². The molecule has 1 heterocycles. The third-order valence-corrected chi connectivity index (χ3v) is 4.57. The number of primary amides is 1. The van der Waals surface area contributed by atoms with E-state index in [2.05, 4.69) is 16.3 Å². The van der Waals surface area contributed by atoms with E-state index in [9.17, 15) is 9.59 Å². The van der Waals surface area contributed by atoms with Gasteiger partial charge in [0, 0.05) is 49.0 Å². The molecular weight excluding hydrogens is 352 g/mol. The number of nitrogens with two attached hydrogens (primary N) is 1. The summed E-state index contributed by atoms with van der Waals surface area (Å²) in [7, 11) is 0. The van der Waals surface area contributed by atoms with Gasteiger partial charge in [0.25, 0.3) is 5.91 Å². The van der Waals surface area contributed by atoms with Gasteiger partial charge in [-0.25, -0.2) is 4.79 Å². The van der Waals surface area contributed by atoms with E-state index >= 15 is 0 Å². The molecule has 0 saturated carbocycles. The number of hydrogen-bond donors (Lipinski definition) is 2. The highest BCUT2D eigenvalue weighted by Gasteiger charge is 2.22. The molecule has 0 aromatic heterocycles. The van der Waals surface area contributed by atoms with E-state index in [0.717, 1.165) is 24.7 Å². The molecule has 2 aromatic carbocycles. The second-order valence-electron chi connectivity index (χ2n) is 6.27. The fourth-order valence-electron chi connectivity index (χ4n) is 3.06. The molecule has 0 radical (unpaired) electrons. The second kappa shape index (κ2) is 8.21. The molecular formula is C19H21ClN4O2. The Morgan fingerprint density at radius 1 is 1.04 bits per heavy atom. The number of nitrogens with zero attached hydrogens (tertiary/aromatic N) is 2. The number of carbonyl (C=O) groups excluding carboxylic acids is 2. The van der Waals surface area contributed by atoms with Crippen LogP contribution in [-0.2, 0) is 6.54 Å². The zero-order valence-corrected chi connectivity index (χ0v) is 15.1. The van der Waals surface area contributed by atoms with Crippen LogP contribution in [0.15, 0.2) is 48.5 Å². The van der Waals surface area contributed by atoms with Crippen molar-refractivity contribution in [2.45, 2.75) is 6.54 Å². The van der Waals surface area contributed by atoms with Crippen molar-refractivity contribution in [3.8, 4) is 0 Å². The van der Waals surface area contributed by atoms with Gasteiger partial charge in [-0.15, -0.1) is 0 Å². The first-order valence-corrected chi connectivity index (χ1v) is 8.81. The SMILES string of the molecule is NC(=O)Nc1cccc(C(=O)N2CCN(Cc3cccc(Cl)c3)CC2)c1. The highest BCUT2D eigenvalue weighted by molar-refractivity contribution is 6.30. The summed E-state index contributed by atoms with van der Waals surface area (Å²) in [5.41, 5.74) is 7.35. The van der Waals surface area contributed by atoms with Crippen LogP contribution in [0.25, 0.3) is 0 Å². The van der Waals surface area contributed by atoms with Crippen molar-refractivity contribution < 1.29 is 9.59 Å². The maximum Gasteiger partial charge on any atom is 0.316 e. The number of piperazine rings is 1. The van der Waals surface area contributed by atoms with Crippen molar-refractivity contribution in [1.82, 2.24) is 9.80 Å². The summed E-state index contributed by atoms with van der Waals surface area (Å²) in [6.45, 7) is 3.75. The van der Waals surface area contributed by atoms with Gasteiger partial charge in [0.2, 0.25) is 0 Å². The number of nitrogens with one attached hydrogen (secondary N) is 1. The maximum absolute atomic E-state index is 12.7. The molecule has 2 aromatic rings. The van der Waals surface area contributed by atoms with Gasteiger partial charge in [0.15, 0.2) is 0 Å². The van der Waals surface area contributed by atoms with Crippen LogP contribution >= 0.6 is 11.6 Å². The average Bonchev–Trinajstić information content (AvgIpc) is 2.61. The third-order valence-electron chi connectivity index (χ3n) is 4.33. The number of urea groups is 1. The molecule has 1 aliphatic rings. The molecule has 0 spiro atoms. The topological polar surface area (TPSA) is 78.7 Å². The summed E-state index contributed by atoms with van der Waals surface area (Å²) in [6.07, 6.45) is 0. The van der Waals surface area contributed by atoms with Gasteiger partial charge in [0.05, 0.1) is 0 Å². The van der Waals surface area contributed by atoms with Gasteiger partial charge in [-0.05, 0) is 35.9 Å².